The Bertz CT molecular complexity index is 293. The summed E-state index contributed by atoms with van der Waals surface area (Å²) in [6.07, 6.45) is 32.6. The zero-order valence-electron chi connectivity index (χ0n) is 14.9. The van der Waals surface area contributed by atoms with E-state index in [9.17, 15) is 0 Å². The zero-order chi connectivity index (χ0) is 16.1. The molecule has 0 fully saturated rings. The van der Waals surface area contributed by atoms with Gasteiger partial charge in [0.2, 0.25) is 0 Å². The van der Waals surface area contributed by atoms with Crippen LogP contribution in [0.5, 0.6) is 0 Å². The fourth-order valence-corrected chi connectivity index (χ4v) is 2.55. The van der Waals surface area contributed by atoms with E-state index in [0.29, 0.717) is 0 Å². The first-order chi connectivity index (χ1) is 10.9. The molecule has 126 valence electrons. The van der Waals surface area contributed by atoms with Gasteiger partial charge in [0, 0.05) is 0 Å². The van der Waals surface area contributed by atoms with Crippen LogP contribution in [0.4, 0.5) is 0 Å². The predicted octanol–water partition coefficient (Wildman–Crippen LogP) is 7.93. The molecule has 0 aromatic heterocycles. The number of allylic oxidation sites excluding steroid dienone is 7. The molecule has 0 amide bonds. The van der Waals surface area contributed by atoms with Gasteiger partial charge in [-0.25, -0.2) is 0 Å². The fraction of sp³-hybridized carbons (Fsp3) is 0.636. The third-order valence-corrected chi connectivity index (χ3v) is 3.94. The largest absolute Gasteiger partial charge is 0.0991 e. The molecule has 0 unspecified atom stereocenters. The second kappa shape index (κ2) is 20.0. The lowest BCUT2D eigenvalue weighted by atomic mass is 10.0. The molecule has 0 aliphatic carbocycles. The molecule has 0 bridgehead atoms. The van der Waals surface area contributed by atoms with Crippen LogP contribution in [0.15, 0.2) is 49.1 Å². The molecule has 0 saturated carbocycles. The average molecular weight is 303 g/mol. The van der Waals surface area contributed by atoms with Gasteiger partial charge in [-0.05, 0) is 12.8 Å². The first-order valence-electron chi connectivity index (χ1n) is 9.52. The Morgan fingerprint density at radius 2 is 1.00 bits per heavy atom. The van der Waals surface area contributed by atoms with Crippen molar-refractivity contribution < 1.29 is 0 Å². The van der Waals surface area contributed by atoms with Gasteiger partial charge in [-0.2, -0.15) is 0 Å². The van der Waals surface area contributed by atoms with Crippen molar-refractivity contribution in [3.63, 3.8) is 0 Å². The molecule has 0 aromatic carbocycles. The highest BCUT2D eigenvalue weighted by Crippen LogP contribution is 2.12. The topological polar surface area (TPSA) is 0 Å². The molecule has 22 heavy (non-hydrogen) atoms. The van der Waals surface area contributed by atoms with E-state index in [1.54, 1.807) is 6.08 Å². The van der Waals surface area contributed by atoms with E-state index < -0.39 is 0 Å². The summed E-state index contributed by atoms with van der Waals surface area (Å²) in [4.78, 5) is 0. The van der Waals surface area contributed by atoms with E-state index >= 15 is 0 Å². The molecule has 0 heteroatoms. The Morgan fingerprint density at radius 1 is 0.545 bits per heavy atom. The third-order valence-electron chi connectivity index (χ3n) is 3.94. The van der Waals surface area contributed by atoms with E-state index in [4.69, 9.17) is 0 Å². The molecule has 0 saturated heterocycles. The van der Waals surface area contributed by atoms with Crippen LogP contribution in [0.2, 0.25) is 0 Å². The molecule has 0 N–H and O–H groups in total. The lowest BCUT2D eigenvalue weighted by molar-refractivity contribution is 0.545. The summed E-state index contributed by atoms with van der Waals surface area (Å²) in [6.45, 7) is 5.92. The van der Waals surface area contributed by atoms with Crippen molar-refractivity contribution in [3.8, 4) is 0 Å². The van der Waals surface area contributed by atoms with Crippen molar-refractivity contribution >= 4 is 0 Å². The minimum Gasteiger partial charge on any atom is -0.0991 e. The lowest BCUT2D eigenvalue weighted by Crippen LogP contribution is -1.82. The van der Waals surface area contributed by atoms with Gasteiger partial charge in [0.1, 0.15) is 0 Å². The van der Waals surface area contributed by atoms with Gasteiger partial charge >= 0.3 is 0 Å². The molecule has 0 radical (unpaired) electrons. The van der Waals surface area contributed by atoms with Crippen molar-refractivity contribution in [2.75, 3.05) is 0 Å². The Morgan fingerprint density at radius 3 is 1.55 bits per heavy atom. The smallest absolute Gasteiger partial charge is 0.0348 e. The molecule has 0 rings (SSSR count). The normalized spacial score (nSPS) is 12.0. The van der Waals surface area contributed by atoms with Crippen LogP contribution >= 0.6 is 0 Å². The highest BCUT2D eigenvalue weighted by atomic mass is 14.0. The quantitative estimate of drug-likeness (QED) is 0.200. The zero-order valence-corrected chi connectivity index (χ0v) is 14.9. The summed E-state index contributed by atoms with van der Waals surface area (Å²) in [5.41, 5.74) is 0. The maximum absolute atomic E-state index is 3.64. The highest BCUT2D eigenvalue weighted by molar-refractivity contribution is 5.14. The van der Waals surface area contributed by atoms with Gasteiger partial charge in [-0.3, -0.25) is 0 Å². The van der Waals surface area contributed by atoms with Gasteiger partial charge in [0.05, 0.1) is 0 Å². The summed E-state index contributed by atoms with van der Waals surface area (Å²) in [7, 11) is 0. The van der Waals surface area contributed by atoms with E-state index in [1.807, 2.05) is 18.2 Å². The summed E-state index contributed by atoms with van der Waals surface area (Å²) in [5.74, 6) is 0. The fourth-order valence-electron chi connectivity index (χ4n) is 2.55. The molecule has 0 heterocycles. The summed E-state index contributed by atoms with van der Waals surface area (Å²) in [5, 5.41) is 0. The van der Waals surface area contributed by atoms with Crippen molar-refractivity contribution in [1.29, 1.82) is 0 Å². The third kappa shape index (κ3) is 19.0. The van der Waals surface area contributed by atoms with Gasteiger partial charge in [-0.1, -0.05) is 127 Å². The Kier molecular flexibility index (Phi) is 19.0. The molecule has 0 aliphatic heterocycles. The summed E-state index contributed by atoms with van der Waals surface area (Å²) in [6, 6.07) is 0. The Labute approximate surface area is 140 Å². The van der Waals surface area contributed by atoms with Gasteiger partial charge < -0.3 is 0 Å². The first-order valence-corrected chi connectivity index (χ1v) is 9.52. The standard InChI is InChI=1S/C22H38/c1-3-5-7-9-11-13-15-17-19-21-22-20-18-16-14-12-10-8-6-4-2/h3,5,7,9,11,13,15H,1,4,6,8,10,12,14,16-22H2,2H3/b7-5+,11-9+,15-13+. The van der Waals surface area contributed by atoms with E-state index in [0.717, 1.165) is 0 Å². The molecular weight excluding hydrogens is 264 g/mol. The maximum atomic E-state index is 3.64. The number of rotatable bonds is 16. The lowest BCUT2D eigenvalue weighted by Gasteiger charge is -2.02. The number of hydrogen-bond donors (Lipinski definition) is 0. The second-order valence-corrected chi connectivity index (χ2v) is 6.11. The molecule has 0 nitrogen and oxygen atoms in total. The highest BCUT2D eigenvalue weighted by Gasteiger charge is 1.92. The minimum absolute atomic E-state index is 1.22. The summed E-state index contributed by atoms with van der Waals surface area (Å²) >= 11 is 0. The van der Waals surface area contributed by atoms with Gasteiger partial charge in [0.25, 0.3) is 0 Å². The van der Waals surface area contributed by atoms with Crippen molar-refractivity contribution in [3.05, 3.63) is 49.1 Å². The van der Waals surface area contributed by atoms with Crippen molar-refractivity contribution in [2.45, 2.75) is 90.4 Å². The maximum Gasteiger partial charge on any atom is -0.0348 e. The monoisotopic (exact) mass is 302 g/mol. The van der Waals surface area contributed by atoms with Crippen molar-refractivity contribution in [2.24, 2.45) is 0 Å². The van der Waals surface area contributed by atoms with Crippen LogP contribution in [-0.2, 0) is 0 Å². The Balaban J connectivity index is 3.14. The molecular formula is C22H38. The van der Waals surface area contributed by atoms with Crippen LogP contribution in [0.1, 0.15) is 90.4 Å². The number of hydrogen-bond acceptors (Lipinski definition) is 0. The van der Waals surface area contributed by atoms with E-state index in [1.165, 1.54) is 83.5 Å². The molecule has 0 atom stereocenters. The van der Waals surface area contributed by atoms with Gasteiger partial charge in [0.15, 0.2) is 0 Å². The van der Waals surface area contributed by atoms with Crippen LogP contribution in [0.3, 0.4) is 0 Å². The Hall–Kier alpha value is -1.04. The van der Waals surface area contributed by atoms with E-state index in [2.05, 4.69) is 31.7 Å². The molecule has 0 aromatic rings. The van der Waals surface area contributed by atoms with Crippen molar-refractivity contribution in [1.82, 2.24) is 0 Å². The minimum atomic E-state index is 1.22. The van der Waals surface area contributed by atoms with Crippen LogP contribution in [0, 0.1) is 0 Å². The molecule has 0 aliphatic rings. The predicted molar refractivity (Wildman–Crippen MR) is 103 cm³/mol. The summed E-state index contributed by atoms with van der Waals surface area (Å²) < 4.78 is 0. The first kappa shape index (κ1) is 21.0. The van der Waals surface area contributed by atoms with Crippen LogP contribution < -0.4 is 0 Å². The number of unbranched alkanes of at least 4 members (excludes halogenated alkanes) is 12. The van der Waals surface area contributed by atoms with Crippen LogP contribution in [0.25, 0.3) is 0 Å². The average Bonchev–Trinajstić information content (AvgIpc) is 2.54. The SMILES string of the molecule is C=C/C=C/C=C/C=C/CCCCCCCCCCCCCC. The second-order valence-electron chi connectivity index (χ2n) is 6.11. The van der Waals surface area contributed by atoms with Gasteiger partial charge in [-0.15, -0.1) is 0 Å². The van der Waals surface area contributed by atoms with E-state index in [-0.39, 0.29) is 0 Å². The molecule has 0 spiro atoms. The van der Waals surface area contributed by atoms with Crippen LogP contribution in [-0.4, -0.2) is 0 Å².